The van der Waals surface area contributed by atoms with E-state index in [1.165, 1.54) is 0 Å². The molecule has 0 unspecified atom stereocenters. The molecule has 0 bridgehead atoms. The summed E-state index contributed by atoms with van der Waals surface area (Å²) >= 11 is 0. The second kappa shape index (κ2) is 4.73. The summed E-state index contributed by atoms with van der Waals surface area (Å²) in [6, 6.07) is 11.1. The van der Waals surface area contributed by atoms with Crippen LogP contribution in [0.4, 0.5) is 0 Å². The highest BCUT2D eigenvalue weighted by Crippen LogP contribution is 2.36. The Morgan fingerprint density at radius 3 is 1.56 bits per heavy atom. The minimum Gasteiger partial charge on any atom is -0.508 e. The van der Waals surface area contributed by atoms with Gasteiger partial charge in [-0.2, -0.15) is 0 Å². The number of phenols is 2. The topological polar surface area (TPSA) is 40.5 Å². The number of aryl methyl sites for hydroxylation is 2. The molecule has 2 nitrogen and oxygen atoms in total. The van der Waals surface area contributed by atoms with E-state index in [4.69, 9.17) is 0 Å². The average molecular weight is 242 g/mol. The van der Waals surface area contributed by atoms with Gasteiger partial charge in [0, 0.05) is 17.0 Å². The Hall–Kier alpha value is -1.96. The highest BCUT2D eigenvalue weighted by Gasteiger charge is 2.16. The fraction of sp³-hybridized carbons (Fsp3) is 0.250. The highest BCUT2D eigenvalue weighted by atomic mass is 16.3. The highest BCUT2D eigenvalue weighted by molar-refractivity contribution is 5.47. The van der Waals surface area contributed by atoms with Gasteiger partial charge in [0.05, 0.1) is 0 Å². The zero-order chi connectivity index (χ0) is 13.3. The van der Waals surface area contributed by atoms with E-state index in [-0.39, 0.29) is 17.4 Å². The third kappa shape index (κ3) is 2.33. The summed E-state index contributed by atoms with van der Waals surface area (Å²) in [5, 5.41) is 19.9. The molecule has 0 fully saturated rings. The van der Waals surface area contributed by atoms with Crippen molar-refractivity contribution in [2.24, 2.45) is 0 Å². The van der Waals surface area contributed by atoms with Crippen LogP contribution < -0.4 is 0 Å². The molecule has 2 aromatic rings. The Kier molecular flexibility index (Phi) is 3.28. The SMILES string of the molecule is Cc1ccc(O)c(C(C)c2cc(C)ccc2O)c1. The van der Waals surface area contributed by atoms with Crippen molar-refractivity contribution in [2.75, 3.05) is 0 Å². The second-order valence-electron chi connectivity index (χ2n) is 4.85. The number of rotatable bonds is 2. The molecule has 0 amide bonds. The Balaban J connectivity index is 2.50. The molecule has 0 radical (unpaired) electrons. The van der Waals surface area contributed by atoms with Gasteiger partial charge in [-0.25, -0.2) is 0 Å². The Morgan fingerprint density at radius 2 is 1.17 bits per heavy atom. The van der Waals surface area contributed by atoms with Gasteiger partial charge in [0.15, 0.2) is 0 Å². The molecule has 0 spiro atoms. The minimum atomic E-state index is -0.0372. The lowest BCUT2D eigenvalue weighted by Crippen LogP contribution is -1.98. The first kappa shape index (κ1) is 12.5. The van der Waals surface area contributed by atoms with Crippen molar-refractivity contribution < 1.29 is 10.2 Å². The molecule has 2 N–H and O–H groups in total. The van der Waals surface area contributed by atoms with Gasteiger partial charge in [-0.1, -0.05) is 42.3 Å². The number of hydrogen-bond acceptors (Lipinski definition) is 2. The van der Waals surface area contributed by atoms with Crippen molar-refractivity contribution in [3.8, 4) is 11.5 Å². The molecule has 94 valence electrons. The van der Waals surface area contributed by atoms with E-state index < -0.39 is 0 Å². The summed E-state index contributed by atoms with van der Waals surface area (Å²) in [5.41, 5.74) is 3.88. The standard InChI is InChI=1S/C16H18O2/c1-10-4-6-15(17)13(8-10)12(3)14-9-11(2)5-7-16(14)18/h4-9,12,17-18H,1-3H3. The van der Waals surface area contributed by atoms with Gasteiger partial charge >= 0.3 is 0 Å². The molecule has 0 aliphatic carbocycles. The van der Waals surface area contributed by atoms with Gasteiger partial charge in [0.25, 0.3) is 0 Å². The van der Waals surface area contributed by atoms with Crippen LogP contribution in [0.25, 0.3) is 0 Å². The van der Waals surface area contributed by atoms with E-state index in [9.17, 15) is 10.2 Å². The molecule has 0 saturated heterocycles. The zero-order valence-corrected chi connectivity index (χ0v) is 10.9. The van der Waals surface area contributed by atoms with E-state index in [0.717, 1.165) is 22.3 Å². The molecule has 18 heavy (non-hydrogen) atoms. The number of aromatic hydroxyl groups is 2. The number of phenolic OH excluding ortho intramolecular Hbond substituents is 2. The largest absolute Gasteiger partial charge is 0.508 e. The van der Waals surface area contributed by atoms with Gasteiger partial charge < -0.3 is 10.2 Å². The fourth-order valence-electron chi connectivity index (χ4n) is 2.21. The van der Waals surface area contributed by atoms with Gasteiger partial charge in [0.2, 0.25) is 0 Å². The van der Waals surface area contributed by atoms with E-state index in [0.29, 0.717) is 0 Å². The summed E-state index contributed by atoms with van der Waals surface area (Å²) in [6.07, 6.45) is 0. The zero-order valence-electron chi connectivity index (χ0n) is 10.9. The van der Waals surface area contributed by atoms with E-state index in [1.54, 1.807) is 12.1 Å². The monoisotopic (exact) mass is 242 g/mol. The molecule has 0 aliphatic heterocycles. The van der Waals surface area contributed by atoms with Gasteiger partial charge in [0.1, 0.15) is 11.5 Å². The fourth-order valence-corrected chi connectivity index (χ4v) is 2.21. The maximum atomic E-state index is 9.95. The van der Waals surface area contributed by atoms with Gasteiger partial charge in [-0.3, -0.25) is 0 Å². The third-order valence-electron chi connectivity index (χ3n) is 3.30. The number of hydrogen-bond donors (Lipinski definition) is 2. The molecule has 0 saturated carbocycles. The molecule has 0 aliphatic rings. The van der Waals surface area contributed by atoms with E-state index >= 15 is 0 Å². The molecular weight excluding hydrogens is 224 g/mol. The van der Waals surface area contributed by atoms with Crippen LogP contribution >= 0.6 is 0 Å². The van der Waals surface area contributed by atoms with E-state index in [2.05, 4.69) is 0 Å². The van der Waals surface area contributed by atoms with Gasteiger partial charge in [-0.15, -0.1) is 0 Å². The van der Waals surface area contributed by atoms with Crippen LogP contribution in [0.5, 0.6) is 11.5 Å². The Morgan fingerprint density at radius 1 is 0.778 bits per heavy atom. The summed E-state index contributed by atoms with van der Waals surface area (Å²) in [4.78, 5) is 0. The third-order valence-corrected chi connectivity index (χ3v) is 3.30. The number of benzene rings is 2. The maximum absolute atomic E-state index is 9.95. The van der Waals surface area contributed by atoms with Crippen LogP contribution in [0.3, 0.4) is 0 Å². The van der Waals surface area contributed by atoms with Crippen LogP contribution in [-0.2, 0) is 0 Å². The lowest BCUT2D eigenvalue weighted by molar-refractivity contribution is 0.456. The average Bonchev–Trinajstić information content (AvgIpc) is 2.34. The first-order valence-electron chi connectivity index (χ1n) is 6.08. The van der Waals surface area contributed by atoms with E-state index in [1.807, 2.05) is 45.0 Å². The second-order valence-corrected chi connectivity index (χ2v) is 4.85. The first-order chi connectivity index (χ1) is 8.49. The summed E-state index contributed by atoms with van der Waals surface area (Å²) < 4.78 is 0. The van der Waals surface area contributed by atoms with Crippen molar-refractivity contribution in [1.82, 2.24) is 0 Å². The van der Waals surface area contributed by atoms with Crippen LogP contribution in [0.2, 0.25) is 0 Å². The summed E-state index contributed by atoms with van der Waals surface area (Å²) in [5.74, 6) is 0.507. The maximum Gasteiger partial charge on any atom is 0.119 e. The molecule has 0 atom stereocenters. The van der Waals surface area contributed by atoms with Crippen molar-refractivity contribution in [3.05, 3.63) is 58.7 Å². The minimum absolute atomic E-state index is 0.0372. The predicted octanol–water partition coefficient (Wildman–Crippen LogP) is 3.87. The quantitative estimate of drug-likeness (QED) is 0.839. The Bertz CT molecular complexity index is 522. The van der Waals surface area contributed by atoms with Crippen molar-refractivity contribution in [1.29, 1.82) is 0 Å². The molecule has 2 rings (SSSR count). The molecular formula is C16H18O2. The van der Waals surface area contributed by atoms with Crippen molar-refractivity contribution >= 4 is 0 Å². The predicted molar refractivity (Wildman–Crippen MR) is 73.2 cm³/mol. The molecule has 2 heteroatoms. The molecule has 0 heterocycles. The van der Waals surface area contributed by atoms with Crippen LogP contribution in [0.15, 0.2) is 36.4 Å². The van der Waals surface area contributed by atoms with Gasteiger partial charge in [-0.05, 0) is 26.0 Å². The normalized spacial score (nSPS) is 10.9. The summed E-state index contributed by atoms with van der Waals surface area (Å²) in [7, 11) is 0. The van der Waals surface area contributed by atoms with Crippen LogP contribution in [-0.4, -0.2) is 10.2 Å². The van der Waals surface area contributed by atoms with Crippen molar-refractivity contribution in [3.63, 3.8) is 0 Å². The van der Waals surface area contributed by atoms with Crippen LogP contribution in [0, 0.1) is 13.8 Å². The Labute approximate surface area is 108 Å². The molecule has 2 aromatic carbocycles. The van der Waals surface area contributed by atoms with Crippen LogP contribution in [0.1, 0.15) is 35.1 Å². The first-order valence-corrected chi connectivity index (χ1v) is 6.08. The summed E-state index contributed by atoms with van der Waals surface area (Å²) in [6.45, 7) is 5.97. The lowest BCUT2D eigenvalue weighted by atomic mass is 9.90. The smallest absolute Gasteiger partial charge is 0.119 e. The van der Waals surface area contributed by atoms with Crippen molar-refractivity contribution in [2.45, 2.75) is 26.7 Å². The molecule has 0 aromatic heterocycles. The lowest BCUT2D eigenvalue weighted by Gasteiger charge is -2.16.